The quantitative estimate of drug-likeness (QED) is 0.509. The molecule has 3 nitrogen and oxygen atoms in total. The highest BCUT2D eigenvalue weighted by Gasteiger charge is 2.18. The van der Waals surface area contributed by atoms with Crippen LogP contribution in [0.3, 0.4) is 0 Å². The second-order valence-electron chi connectivity index (χ2n) is 7.74. The predicted molar refractivity (Wildman–Crippen MR) is 123 cm³/mol. The summed E-state index contributed by atoms with van der Waals surface area (Å²) in [6.07, 6.45) is 6.31. The molecule has 0 aromatic heterocycles. The Bertz CT molecular complexity index is 1060. The van der Waals surface area contributed by atoms with Crippen LogP contribution in [-0.4, -0.2) is 13.2 Å². The molecule has 0 unspecified atom stereocenters. The Kier molecular flexibility index (Phi) is 5.02. The zero-order chi connectivity index (χ0) is 20.3. The van der Waals surface area contributed by atoms with Gasteiger partial charge in [-0.2, -0.15) is 0 Å². The van der Waals surface area contributed by atoms with Gasteiger partial charge in [-0.3, -0.25) is 0 Å². The van der Waals surface area contributed by atoms with Gasteiger partial charge in [-0.05, 0) is 47.9 Å². The molecule has 3 aromatic carbocycles. The van der Waals surface area contributed by atoms with Gasteiger partial charge in [0.25, 0.3) is 0 Å². The monoisotopic (exact) mass is 395 g/mol. The Morgan fingerprint density at radius 3 is 1.83 bits per heavy atom. The largest absolute Gasteiger partial charge is 0.493 e. The fourth-order valence-corrected chi connectivity index (χ4v) is 4.11. The Hall–Kier alpha value is -3.46. The summed E-state index contributed by atoms with van der Waals surface area (Å²) in [5, 5.41) is 0. The number of rotatable bonds is 3. The third-order valence-electron chi connectivity index (χ3n) is 5.61. The number of aryl methyl sites for hydroxylation is 1. The van der Waals surface area contributed by atoms with Crippen molar-refractivity contribution in [3.8, 4) is 11.5 Å². The van der Waals surface area contributed by atoms with E-state index >= 15 is 0 Å². The maximum Gasteiger partial charge on any atom is 0.126 e. The normalized spacial score (nSPS) is 17.6. The smallest absolute Gasteiger partial charge is 0.126 e. The van der Waals surface area contributed by atoms with E-state index in [-0.39, 0.29) is 0 Å². The van der Waals surface area contributed by atoms with Gasteiger partial charge < -0.3 is 14.4 Å². The summed E-state index contributed by atoms with van der Waals surface area (Å²) in [5.74, 6) is 1.92. The summed E-state index contributed by atoms with van der Waals surface area (Å²) < 4.78 is 11.7. The summed E-state index contributed by atoms with van der Waals surface area (Å²) in [6, 6.07) is 25.2. The van der Waals surface area contributed by atoms with Crippen LogP contribution in [0.2, 0.25) is 0 Å². The third-order valence-corrected chi connectivity index (χ3v) is 5.61. The summed E-state index contributed by atoms with van der Waals surface area (Å²) in [5.41, 5.74) is 7.32. The number of fused-ring (bicyclic) bond motifs is 2. The van der Waals surface area contributed by atoms with E-state index in [1.807, 2.05) is 24.3 Å². The summed E-state index contributed by atoms with van der Waals surface area (Å²) in [6.45, 7) is 3.55. The van der Waals surface area contributed by atoms with Crippen molar-refractivity contribution in [2.75, 3.05) is 18.1 Å². The average molecular weight is 396 g/mol. The number of hydrogen-bond donors (Lipinski definition) is 0. The first-order chi connectivity index (χ1) is 14.8. The second-order valence-corrected chi connectivity index (χ2v) is 7.74. The molecular formula is C27H25NO2. The molecule has 0 spiro atoms. The maximum atomic E-state index is 5.87. The van der Waals surface area contributed by atoms with Gasteiger partial charge in [0.05, 0.1) is 13.2 Å². The molecule has 0 N–H and O–H groups in total. The molecule has 3 aromatic rings. The number of hydrogen-bond acceptors (Lipinski definition) is 3. The van der Waals surface area contributed by atoms with E-state index in [0.29, 0.717) is 13.2 Å². The molecule has 0 fully saturated rings. The van der Waals surface area contributed by atoms with Crippen molar-refractivity contribution in [2.24, 2.45) is 0 Å². The second kappa shape index (κ2) is 8.11. The summed E-state index contributed by atoms with van der Waals surface area (Å²) in [4.78, 5) is 2.27. The number of para-hydroxylation sites is 2. The lowest BCUT2D eigenvalue weighted by atomic mass is 9.99. The van der Waals surface area contributed by atoms with Crippen LogP contribution >= 0.6 is 0 Å². The van der Waals surface area contributed by atoms with E-state index in [0.717, 1.165) is 30.0 Å². The molecule has 0 saturated carbocycles. The first kappa shape index (κ1) is 18.6. The molecule has 0 bridgehead atoms. The molecule has 30 heavy (non-hydrogen) atoms. The van der Waals surface area contributed by atoms with Crippen LogP contribution in [0.15, 0.2) is 85.2 Å². The minimum absolute atomic E-state index is 0.706. The lowest BCUT2D eigenvalue weighted by Crippen LogP contribution is -2.15. The molecule has 0 aliphatic carbocycles. The van der Waals surface area contributed by atoms with Crippen LogP contribution in [0.1, 0.15) is 29.5 Å². The van der Waals surface area contributed by atoms with Crippen LogP contribution in [0, 0.1) is 6.92 Å². The lowest BCUT2D eigenvalue weighted by molar-refractivity contribution is 0.316. The lowest BCUT2D eigenvalue weighted by Gasteiger charge is -2.26. The third kappa shape index (κ3) is 3.71. The Balaban J connectivity index is 1.62. The van der Waals surface area contributed by atoms with Gasteiger partial charge in [0, 0.05) is 42.1 Å². The predicted octanol–water partition coefficient (Wildman–Crippen LogP) is 6.45. The van der Waals surface area contributed by atoms with E-state index < -0.39 is 0 Å². The minimum atomic E-state index is 0.706. The van der Waals surface area contributed by atoms with E-state index in [4.69, 9.17) is 9.47 Å². The molecule has 0 amide bonds. The number of anilines is 1. The van der Waals surface area contributed by atoms with Gasteiger partial charge >= 0.3 is 0 Å². The van der Waals surface area contributed by atoms with Crippen molar-refractivity contribution >= 4 is 16.8 Å². The Morgan fingerprint density at radius 1 is 0.700 bits per heavy atom. The highest BCUT2D eigenvalue weighted by atomic mass is 16.5. The van der Waals surface area contributed by atoms with E-state index in [1.54, 1.807) is 0 Å². The summed E-state index contributed by atoms with van der Waals surface area (Å²) >= 11 is 0. The Labute approximate surface area is 177 Å². The van der Waals surface area contributed by atoms with Gasteiger partial charge in [0.2, 0.25) is 0 Å². The zero-order valence-corrected chi connectivity index (χ0v) is 17.2. The van der Waals surface area contributed by atoms with Crippen LogP contribution in [0.5, 0.6) is 11.5 Å². The van der Waals surface area contributed by atoms with Crippen LogP contribution < -0.4 is 14.4 Å². The standard InChI is InChI=1S/C27H25NO2/c1-20-7-6-8-23(17-20)28(18-21-13-15-29-26-11-4-2-9-24(21)26)19-22-14-16-30-27-12-5-3-10-25(22)27/h2-12,17-19H,13-16H2,1H3/b21-18+,22-19+. The van der Waals surface area contributed by atoms with Crippen molar-refractivity contribution in [2.45, 2.75) is 19.8 Å². The molecule has 3 heteroatoms. The van der Waals surface area contributed by atoms with Crippen molar-refractivity contribution in [1.82, 2.24) is 0 Å². The topological polar surface area (TPSA) is 21.7 Å². The van der Waals surface area contributed by atoms with Gasteiger partial charge in [-0.15, -0.1) is 0 Å². The molecule has 0 saturated heterocycles. The molecule has 150 valence electrons. The average Bonchev–Trinajstić information content (AvgIpc) is 2.79. The first-order valence-electron chi connectivity index (χ1n) is 10.5. The fourth-order valence-electron chi connectivity index (χ4n) is 4.11. The minimum Gasteiger partial charge on any atom is -0.493 e. The molecule has 5 rings (SSSR count). The highest BCUT2D eigenvalue weighted by Crippen LogP contribution is 2.36. The molecule has 2 aliphatic rings. The van der Waals surface area contributed by atoms with Crippen LogP contribution in [0.25, 0.3) is 11.1 Å². The van der Waals surface area contributed by atoms with Gasteiger partial charge in [-0.1, -0.05) is 48.5 Å². The Morgan fingerprint density at radius 2 is 1.27 bits per heavy atom. The van der Waals surface area contributed by atoms with E-state index in [2.05, 4.69) is 72.8 Å². The fraction of sp³-hybridized carbons (Fsp3) is 0.185. The van der Waals surface area contributed by atoms with Crippen molar-refractivity contribution in [1.29, 1.82) is 0 Å². The highest BCUT2D eigenvalue weighted by molar-refractivity contribution is 5.78. The van der Waals surface area contributed by atoms with Gasteiger partial charge in [-0.25, -0.2) is 0 Å². The number of nitrogens with zero attached hydrogens (tertiary/aromatic N) is 1. The van der Waals surface area contributed by atoms with Crippen molar-refractivity contribution in [3.63, 3.8) is 0 Å². The van der Waals surface area contributed by atoms with E-state index in [9.17, 15) is 0 Å². The molecular weight excluding hydrogens is 370 g/mol. The zero-order valence-electron chi connectivity index (χ0n) is 17.2. The van der Waals surface area contributed by atoms with Crippen molar-refractivity contribution in [3.05, 3.63) is 102 Å². The molecule has 2 aliphatic heterocycles. The maximum absolute atomic E-state index is 5.87. The van der Waals surface area contributed by atoms with E-state index in [1.165, 1.54) is 27.8 Å². The van der Waals surface area contributed by atoms with Crippen LogP contribution in [-0.2, 0) is 0 Å². The van der Waals surface area contributed by atoms with Crippen molar-refractivity contribution < 1.29 is 9.47 Å². The molecule has 2 heterocycles. The van der Waals surface area contributed by atoms with Gasteiger partial charge in [0.1, 0.15) is 11.5 Å². The number of benzene rings is 3. The van der Waals surface area contributed by atoms with Crippen LogP contribution in [0.4, 0.5) is 5.69 Å². The molecule has 0 atom stereocenters. The SMILES string of the molecule is Cc1cccc(N(/C=C2\CCOc3ccccc32)/C=C2\CCOc3ccccc32)c1. The molecule has 0 radical (unpaired) electrons. The first-order valence-corrected chi connectivity index (χ1v) is 10.5. The number of ether oxygens (including phenoxy) is 2. The van der Waals surface area contributed by atoms with Gasteiger partial charge in [0.15, 0.2) is 0 Å². The summed E-state index contributed by atoms with van der Waals surface area (Å²) in [7, 11) is 0.